The zero-order chi connectivity index (χ0) is 14.9. The number of aliphatic hydroxyl groups is 1. The van der Waals surface area contributed by atoms with E-state index in [1.54, 1.807) is 15.2 Å². The van der Waals surface area contributed by atoms with Gasteiger partial charge in [0, 0.05) is 23.7 Å². The van der Waals surface area contributed by atoms with Crippen molar-refractivity contribution in [1.29, 1.82) is 0 Å². The number of imidazole rings is 1. The molecule has 0 spiro atoms. The Morgan fingerprint density at radius 1 is 1.15 bits per heavy atom. The van der Waals surface area contributed by atoms with Gasteiger partial charge in [-0.05, 0) is 32.4 Å². The topological polar surface area (TPSA) is 47.2 Å². The largest absolute Gasteiger partial charge is 0.388 e. The van der Waals surface area contributed by atoms with E-state index in [2.05, 4.69) is 0 Å². The molecule has 0 fully saturated rings. The molecular weight excluding hydrogens is 276 g/mol. The first-order valence-corrected chi connectivity index (χ1v) is 7.53. The number of aryl methyl sites for hydroxylation is 2. The van der Waals surface area contributed by atoms with E-state index < -0.39 is 6.10 Å². The molecule has 0 bridgehead atoms. The predicted molar refractivity (Wildman–Crippen MR) is 82.4 cm³/mol. The summed E-state index contributed by atoms with van der Waals surface area (Å²) in [5.74, 6) is 0. The number of nitrogens with zero attached hydrogens (tertiary/aromatic N) is 2. The van der Waals surface area contributed by atoms with E-state index in [-0.39, 0.29) is 5.69 Å². The van der Waals surface area contributed by atoms with E-state index in [0.29, 0.717) is 30.1 Å². The molecule has 0 radical (unpaired) electrons. The van der Waals surface area contributed by atoms with Crippen molar-refractivity contribution in [3.63, 3.8) is 0 Å². The van der Waals surface area contributed by atoms with Crippen LogP contribution in [0.15, 0.2) is 16.9 Å². The number of hydrogen-bond acceptors (Lipinski definition) is 2. The van der Waals surface area contributed by atoms with Crippen molar-refractivity contribution >= 4 is 22.6 Å². The number of rotatable bonds is 5. The molecule has 2 rings (SSSR count). The van der Waals surface area contributed by atoms with Gasteiger partial charge < -0.3 is 5.11 Å². The molecule has 1 N–H and O–H groups in total. The molecule has 110 valence electrons. The van der Waals surface area contributed by atoms with Crippen LogP contribution in [0.25, 0.3) is 11.0 Å². The van der Waals surface area contributed by atoms with Crippen molar-refractivity contribution in [1.82, 2.24) is 9.13 Å². The highest BCUT2D eigenvalue weighted by Gasteiger charge is 2.17. The van der Waals surface area contributed by atoms with Crippen LogP contribution in [-0.2, 0) is 13.1 Å². The van der Waals surface area contributed by atoms with Crippen LogP contribution >= 0.6 is 11.6 Å². The van der Waals surface area contributed by atoms with Gasteiger partial charge in [0.25, 0.3) is 0 Å². The van der Waals surface area contributed by atoms with Gasteiger partial charge in [-0.15, -0.1) is 0 Å². The number of benzene rings is 1. The summed E-state index contributed by atoms with van der Waals surface area (Å²) < 4.78 is 3.43. The van der Waals surface area contributed by atoms with Gasteiger partial charge in [-0.3, -0.25) is 9.13 Å². The average Bonchev–Trinajstić information content (AvgIpc) is 2.68. The van der Waals surface area contributed by atoms with Gasteiger partial charge in [0.15, 0.2) is 0 Å². The highest BCUT2D eigenvalue weighted by molar-refractivity contribution is 6.32. The molecule has 2 aromatic rings. The van der Waals surface area contributed by atoms with Crippen LogP contribution in [0, 0.1) is 0 Å². The van der Waals surface area contributed by atoms with Gasteiger partial charge in [-0.1, -0.05) is 24.9 Å². The standard InChI is InChI=1S/C15H21ClN2O2/c1-4-7-14(19)10-8-12-13(9-11(10)16)18(6-3)15(20)17(12)5-2/h8-9,14,19H,4-7H2,1-3H3. The summed E-state index contributed by atoms with van der Waals surface area (Å²) in [5, 5.41) is 10.7. The first-order chi connectivity index (χ1) is 9.54. The Kier molecular flexibility index (Phi) is 4.55. The SMILES string of the molecule is CCCC(O)c1cc2c(cc1Cl)n(CC)c(=O)n2CC. The van der Waals surface area contributed by atoms with Crippen LogP contribution < -0.4 is 5.69 Å². The molecule has 0 saturated carbocycles. The molecule has 1 atom stereocenters. The van der Waals surface area contributed by atoms with Crippen LogP contribution in [0.5, 0.6) is 0 Å². The summed E-state index contributed by atoms with van der Waals surface area (Å²) in [5.41, 5.74) is 2.35. The second-order valence-corrected chi connectivity index (χ2v) is 5.35. The van der Waals surface area contributed by atoms with E-state index in [4.69, 9.17) is 11.6 Å². The van der Waals surface area contributed by atoms with Crippen LogP contribution in [0.1, 0.15) is 45.3 Å². The lowest BCUT2D eigenvalue weighted by molar-refractivity contribution is 0.166. The summed E-state index contributed by atoms with van der Waals surface area (Å²) in [6.45, 7) is 7.11. The maximum Gasteiger partial charge on any atom is 0.329 e. The van der Waals surface area contributed by atoms with Gasteiger partial charge in [0.05, 0.1) is 17.1 Å². The van der Waals surface area contributed by atoms with Crippen molar-refractivity contribution in [2.75, 3.05) is 0 Å². The van der Waals surface area contributed by atoms with E-state index in [9.17, 15) is 9.90 Å². The minimum Gasteiger partial charge on any atom is -0.388 e. The molecule has 0 saturated heterocycles. The quantitative estimate of drug-likeness (QED) is 0.920. The molecule has 0 aliphatic rings. The normalized spacial score (nSPS) is 13.1. The fourth-order valence-electron chi connectivity index (χ4n) is 2.65. The van der Waals surface area contributed by atoms with Crippen LogP contribution in [0.3, 0.4) is 0 Å². The molecule has 0 aliphatic carbocycles. The highest BCUT2D eigenvalue weighted by atomic mass is 35.5. The zero-order valence-corrected chi connectivity index (χ0v) is 12.9. The lowest BCUT2D eigenvalue weighted by Crippen LogP contribution is -2.23. The van der Waals surface area contributed by atoms with Crippen LogP contribution in [0.2, 0.25) is 5.02 Å². The maximum absolute atomic E-state index is 12.3. The second kappa shape index (κ2) is 6.02. The number of halogens is 1. The molecular formula is C15H21ClN2O2. The van der Waals surface area contributed by atoms with Crippen molar-refractivity contribution < 1.29 is 5.11 Å². The van der Waals surface area contributed by atoms with Gasteiger partial charge in [0.1, 0.15) is 0 Å². The Labute approximate surface area is 123 Å². The lowest BCUT2D eigenvalue weighted by Gasteiger charge is -2.12. The Hall–Kier alpha value is -1.26. The van der Waals surface area contributed by atoms with E-state index >= 15 is 0 Å². The summed E-state index contributed by atoms with van der Waals surface area (Å²) in [7, 11) is 0. The molecule has 1 unspecified atom stereocenters. The smallest absolute Gasteiger partial charge is 0.329 e. The third kappa shape index (κ3) is 2.38. The van der Waals surface area contributed by atoms with Crippen molar-refractivity contribution in [3.05, 3.63) is 33.2 Å². The minimum absolute atomic E-state index is 0.0248. The molecule has 0 aliphatic heterocycles. The fraction of sp³-hybridized carbons (Fsp3) is 0.533. The summed E-state index contributed by atoms with van der Waals surface area (Å²) >= 11 is 6.28. The highest BCUT2D eigenvalue weighted by Crippen LogP contribution is 2.30. The van der Waals surface area contributed by atoms with E-state index in [1.165, 1.54) is 0 Å². The van der Waals surface area contributed by atoms with Gasteiger partial charge in [-0.2, -0.15) is 0 Å². The zero-order valence-electron chi connectivity index (χ0n) is 12.2. The Balaban J connectivity index is 2.72. The van der Waals surface area contributed by atoms with Crippen molar-refractivity contribution in [2.45, 2.75) is 52.8 Å². The van der Waals surface area contributed by atoms with E-state index in [1.807, 2.05) is 26.8 Å². The Morgan fingerprint density at radius 3 is 2.20 bits per heavy atom. The monoisotopic (exact) mass is 296 g/mol. The van der Waals surface area contributed by atoms with Gasteiger partial charge >= 0.3 is 5.69 Å². The third-order valence-electron chi connectivity index (χ3n) is 3.69. The summed E-state index contributed by atoms with van der Waals surface area (Å²) in [4.78, 5) is 12.3. The first-order valence-electron chi connectivity index (χ1n) is 7.15. The first kappa shape index (κ1) is 15.1. The predicted octanol–water partition coefficient (Wildman–Crippen LogP) is 3.33. The average molecular weight is 297 g/mol. The van der Waals surface area contributed by atoms with Gasteiger partial charge in [0.2, 0.25) is 0 Å². The lowest BCUT2D eigenvalue weighted by atomic mass is 10.0. The van der Waals surface area contributed by atoms with Crippen molar-refractivity contribution in [2.24, 2.45) is 0 Å². The van der Waals surface area contributed by atoms with Gasteiger partial charge in [-0.25, -0.2) is 4.79 Å². The third-order valence-corrected chi connectivity index (χ3v) is 4.02. The molecule has 0 amide bonds. The molecule has 1 heterocycles. The Bertz CT molecular complexity index is 673. The summed E-state index contributed by atoms with van der Waals surface area (Å²) in [6, 6.07) is 3.65. The van der Waals surface area contributed by atoms with E-state index in [0.717, 1.165) is 17.5 Å². The molecule has 1 aromatic heterocycles. The minimum atomic E-state index is -0.581. The number of hydrogen-bond donors (Lipinski definition) is 1. The summed E-state index contributed by atoms with van der Waals surface area (Å²) in [6.07, 6.45) is 0.963. The number of aromatic nitrogens is 2. The Morgan fingerprint density at radius 2 is 1.70 bits per heavy atom. The van der Waals surface area contributed by atoms with Crippen LogP contribution in [-0.4, -0.2) is 14.2 Å². The molecule has 4 nitrogen and oxygen atoms in total. The fourth-order valence-corrected chi connectivity index (χ4v) is 2.93. The van der Waals surface area contributed by atoms with Crippen molar-refractivity contribution in [3.8, 4) is 0 Å². The molecule has 1 aromatic carbocycles. The number of aliphatic hydroxyl groups excluding tert-OH is 1. The molecule has 20 heavy (non-hydrogen) atoms. The number of fused-ring (bicyclic) bond motifs is 1. The van der Waals surface area contributed by atoms with Crippen LogP contribution in [0.4, 0.5) is 0 Å². The molecule has 5 heteroatoms. The second-order valence-electron chi connectivity index (χ2n) is 4.94. The maximum atomic E-state index is 12.3.